The van der Waals surface area contributed by atoms with Crippen molar-refractivity contribution >= 4 is 21.5 Å². The van der Waals surface area contributed by atoms with E-state index in [1.54, 1.807) is 24.3 Å². The van der Waals surface area contributed by atoms with E-state index in [-0.39, 0.29) is 22.9 Å². The zero-order chi connectivity index (χ0) is 21.8. The van der Waals surface area contributed by atoms with Gasteiger partial charge in [-0.3, -0.25) is 18.7 Å². The van der Waals surface area contributed by atoms with Crippen molar-refractivity contribution in [3.63, 3.8) is 0 Å². The van der Waals surface area contributed by atoms with Crippen LogP contribution in [0.1, 0.15) is 12.8 Å². The van der Waals surface area contributed by atoms with E-state index < -0.39 is 0 Å². The van der Waals surface area contributed by atoms with Crippen molar-refractivity contribution in [1.82, 2.24) is 14.5 Å². The Morgan fingerprint density at radius 3 is 1.55 bits per heavy atom. The molecule has 0 atom stereocenters. The SMILES string of the molecule is O=c1cc2ccccc2c(O)n1CCCNCCCn1c(O)c2ccccc2cc1=O. The second kappa shape index (κ2) is 9.06. The van der Waals surface area contributed by atoms with Gasteiger partial charge in [0.05, 0.1) is 0 Å². The molecule has 0 fully saturated rings. The van der Waals surface area contributed by atoms with Crippen LogP contribution in [0, 0.1) is 0 Å². The zero-order valence-electron chi connectivity index (χ0n) is 17.1. The Balaban J connectivity index is 1.28. The Labute approximate surface area is 178 Å². The monoisotopic (exact) mass is 419 g/mol. The molecule has 3 N–H and O–H groups in total. The van der Waals surface area contributed by atoms with Crippen LogP contribution < -0.4 is 16.4 Å². The summed E-state index contributed by atoms with van der Waals surface area (Å²) in [6.45, 7) is 2.15. The summed E-state index contributed by atoms with van der Waals surface area (Å²) in [7, 11) is 0. The van der Waals surface area contributed by atoms with E-state index in [9.17, 15) is 19.8 Å². The smallest absolute Gasteiger partial charge is 0.253 e. The second-order valence-corrected chi connectivity index (χ2v) is 7.55. The Hall–Kier alpha value is -3.58. The number of nitrogens with one attached hydrogen (secondary N) is 1. The summed E-state index contributed by atoms with van der Waals surface area (Å²) in [6.07, 6.45) is 1.35. The van der Waals surface area contributed by atoms with Gasteiger partial charge in [0.25, 0.3) is 11.1 Å². The molecule has 0 unspecified atom stereocenters. The minimum atomic E-state index is -0.220. The third-order valence-electron chi connectivity index (χ3n) is 5.48. The van der Waals surface area contributed by atoms with Crippen molar-refractivity contribution in [1.29, 1.82) is 0 Å². The molecule has 0 bridgehead atoms. The number of aromatic hydroxyl groups is 2. The normalized spacial score (nSPS) is 11.4. The third-order valence-corrected chi connectivity index (χ3v) is 5.48. The molecule has 31 heavy (non-hydrogen) atoms. The van der Waals surface area contributed by atoms with E-state index in [0.717, 1.165) is 10.8 Å². The van der Waals surface area contributed by atoms with Crippen molar-refractivity contribution in [3.8, 4) is 11.8 Å². The topological polar surface area (TPSA) is 96.5 Å². The third kappa shape index (κ3) is 4.32. The predicted molar refractivity (Wildman–Crippen MR) is 122 cm³/mol. The summed E-state index contributed by atoms with van der Waals surface area (Å²) in [4.78, 5) is 24.5. The molecule has 0 aliphatic heterocycles. The lowest BCUT2D eigenvalue weighted by atomic mass is 10.1. The number of aromatic nitrogens is 2. The van der Waals surface area contributed by atoms with Crippen LogP contribution in [-0.2, 0) is 13.1 Å². The minimum Gasteiger partial charge on any atom is -0.494 e. The molecule has 0 saturated carbocycles. The van der Waals surface area contributed by atoms with E-state index in [2.05, 4.69) is 5.32 Å². The van der Waals surface area contributed by atoms with Crippen molar-refractivity contribution in [2.24, 2.45) is 0 Å². The van der Waals surface area contributed by atoms with E-state index in [0.29, 0.717) is 49.8 Å². The minimum absolute atomic E-state index is 0.00532. The van der Waals surface area contributed by atoms with Crippen LogP contribution in [0.5, 0.6) is 11.8 Å². The van der Waals surface area contributed by atoms with Gasteiger partial charge in [-0.15, -0.1) is 0 Å². The van der Waals surface area contributed by atoms with Crippen molar-refractivity contribution in [2.45, 2.75) is 25.9 Å². The number of pyridine rings is 2. The predicted octanol–water partition coefficient (Wildman–Crippen LogP) is 2.80. The van der Waals surface area contributed by atoms with Crippen LogP contribution >= 0.6 is 0 Å². The second-order valence-electron chi connectivity index (χ2n) is 7.55. The van der Waals surface area contributed by atoms with Crippen molar-refractivity contribution in [2.75, 3.05) is 13.1 Å². The lowest BCUT2D eigenvalue weighted by Gasteiger charge is -2.12. The Bertz CT molecular complexity index is 1240. The first-order valence-electron chi connectivity index (χ1n) is 10.4. The standard InChI is InChI=1S/C24H25N3O4/c28-21-15-17-7-1-3-9-19(17)23(30)26(21)13-5-11-25-12-6-14-27-22(29)16-18-8-2-4-10-20(18)24(27)31/h1-4,7-10,15-16,25,30-31H,5-6,11-14H2. The number of fused-ring (bicyclic) bond motifs is 2. The molecular formula is C24H25N3O4. The summed E-state index contributed by atoms with van der Waals surface area (Å²) in [5, 5.41) is 26.9. The number of rotatable bonds is 8. The largest absolute Gasteiger partial charge is 0.494 e. The van der Waals surface area contributed by atoms with E-state index in [4.69, 9.17) is 0 Å². The van der Waals surface area contributed by atoms with Crippen LogP contribution in [0.3, 0.4) is 0 Å². The maximum atomic E-state index is 12.3. The fourth-order valence-electron chi connectivity index (χ4n) is 3.86. The summed E-state index contributed by atoms with van der Waals surface area (Å²) >= 11 is 0. The van der Waals surface area contributed by atoms with Crippen LogP contribution in [-0.4, -0.2) is 32.4 Å². The molecule has 2 aromatic carbocycles. The highest BCUT2D eigenvalue weighted by Gasteiger charge is 2.09. The van der Waals surface area contributed by atoms with Crippen LogP contribution in [0.25, 0.3) is 21.5 Å². The highest BCUT2D eigenvalue weighted by atomic mass is 16.3. The maximum absolute atomic E-state index is 12.3. The van der Waals surface area contributed by atoms with Gasteiger partial charge >= 0.3 is 0 Å². The van der Waals surface area contributed by atoms with E-state index in [1.165, 1.54) is 21.3 Å². The zero-order valence-corrected chi connectivity index (χ0v) is 17.1. The van der Waals surface area contributed by atoms with Gasteiger partial charge in [-0.2, -0.15) is 0 Å². The van der Waals surface area contributed by atoms with Crippen LogP contribution in [0.15, 0.2) is 70.3 Å². The first kappa shape index (κ1) is 20.7. The van der Waals surface area contributed by atoms with Gasteiger partial charge < -0.3 is 15.5 Å². The first-order chi connectivity index (χ1) is 15.1. The molecule has 4 aromatic rings. The number of hydrogen-bond donors (Lipinski definition) is 3. The molecule has 0 aliphatic rings. The fraction of sp³-hybridized carbons (Fsp3) is 0.250. The molecule has 0 spiro atoms. The van der Waals surface area contributed by atoms with Gasteiger partial charge in [-0.1, -0.05) is 36.4 Å². The fourth-order valence-corrected chi connectivity index (χ4v) is 3.86. The molecule has 0 radical (unpaired) electrons. The molecule has 0 aliphatic carbocycles. The van der Waals surface area contributed by atoms with Crippen LogP contribution in [0.2, 0.25) is 0 Å². The molecule has 160 valence electrons. The highest BCUT2D eigenvalue weighted by molar-refractivity contribution is 5.87. The summed E-state index contributed by atoms with van der Waals surface area (Å²) in [5.41, 5.74) is -0.440. The van der Waals surface area contributed by atoms with E-state index >= 15 is 0 Å². The molecule has 4 rings (SSSR count). The van der Waals surface area contributed by atoms with Gasteiger partial charge in [-0.05, 0) is 48.8 Å². The Morgan fingerprint density at radius 1 is 0.677 bits per heavy atom. The van der Waals surface area contributed by atoms with Crippen molar-refractivity contribution < 1.29 is 10.2 Å². The molecular weight excluding hydrogens is 394 g/mol. The highest BCUT2D eigenvalue weighted by Crippen LogP contribution is 2.23. The summed E-state index contributed by atoms with van der Waals surface area (Å²) in [6, 6.07) is 17.6. The van der Waals surface area contributed by atoms with Gasteiger partial charge in [0, 0.05) is 36.0 Å². The molecule has 7 nitrogen and oxygen atoms in total. The lowest BCUT2D eigenvalue weighted by molar-refractivity contribution is 0.402. The quantitative estimate of drug-likeness (QED) is 0.382. The Kier molecular flexibility index (Phi) is 6.04. The molecule has 0 saturated heterocycles. The van der Waals surface area contributed by atoms with Gasteiger partial charge in [0.2, 0.25) is 11.8 Å². The number of nitrogens with zero attached hydrogens (tertiary/aromatic N) is 2. The summed E-state index contributed by atoms with van der Waals surface area (Å²) < 4.78 is 2.77. The summed E-state index contributed by atoms with van der Waals surface area (Å²) in [5.74, 6) is -0.0106. The van der Waals surface area contributed by atoms with Crippen molar-refractivity contribution in [3.05, 3.63) is 81.4 Å². The molecule has 2 aromatic heterocycles. The Morgan fingerprint density at radius 2 is 1.10 bits per heavy atom. The first-order valence-corrected chi connectivity index (χ1v) is 10.4. The molecule has 0 amide bonds. The van der Waals surface area contributed by atoms with Gasteiger partial charge in [0.15, 0.2) is 0 Å². The van der Waals surface area contributed by atoms with Gasteiger partial charge in [-0.25, -0.2) is 0 Å². The van der Waals surface area contributed by atoms with Gasteiger partial charge in [0.1, 0.15) is 0 Å². The maximum Gasteiger partial charge on any atom is 0.253 e. The average molecular weight is 419 g/mol. The number of hydrogen-bond acceptors (Lipinski definition) is 5. The van der Waals surface area contributed by atoms with Crippen LogP contribution in [0.4, 0.5) is 0 Å². The number of benzene rings is 2. The lowest BCUT2D eigenvalue weighted by Crippen LogP contribution is -2.25. The van der Waals surface area contributed by atoms with E-state index in [1.807, 2.05) is 24.3 Å². The molecule has 2 heterocycles. The average Bonchev–Trinajstić information content (AvgIpc) is 2.77. The molecule has 7 heteroatoms.